The first kappa shape index (κ1) is 16.4. The van der Waals surface area contributed by atoms with Crippen LogP contribution in [-0.2, 0) is 6.42 Å². The Balaban J connectivity index is 1.68. The highest BCUT2D eigenvalue weighted by atomic mass is 32.1. The van der Waals surface area contributed by atoms with Gasteiger partial charge in [-0.2, -0.15) is 0 Å². The third-order valence-corrected chi connectivity index (χ3v) is 4.62. The van der Waals surface area contributed by atoms with Crippen LogP contribution >= 0.6 is 12.2 Å². The lowest BCUT2D eigenvalue weighted by molar-refractivity contribution is 0.116. The first-order valence-electron chi connectivity index (χ1n) is 8.00. The molecular formula is C17H27N3S. The second-order valence-electron chi connectivity index (χ2n) is 5.79. The largest absolute Gasteiger partial charge is 0.392 e. The zero-order valence-electron chi connectivity index (χ0n) is 13.0. The van der Waals surface area contributed by atoms with Crippen LogP contribution < -0.4 is 5.73 Å². The van der Waals surface area contributed by atoms with E-state index in [9.17, 15) is 0 Å². The maximum atomic E-state index is 5.83. The first-order chi connectivity index (χ1) is 10.2. The molecule has 0 bridgehead atoms. The second-order valence-corrected chi connectivity index (χ2v) is 6.26. The topological polar surface area (TPSA) is 32.5 Å². The Morgan fingerprint density at radius 2 is 1.86 bits per heavy atom. The van der Waals surface area contributed by atoms with Crippen LogP contribution in [0.15, 0.2) is 30.3 Å². The Hall–Kier alpha value is -0.970. The molecule has 116 valence electrons. The molecule has 0 aromatic heterocycles. The number of piperazine rings is 1. The lowest BCUT2D eigenvalue weighted by Gasteiger charge is -2.38. The van der Waals surface area contributed by atoms with Gasteiger partial charge in [0.15, 0.2) is 0 Å². The molecule has 1 unspecified atom stereocenters. The van der Waals surface area contributed by atoms with Crippen LogP contribution in [-0.4, -0.2) is 53.6 Å². The maximum Gasteiger partial charge on any atom is 0.0901 e. The fourth-order valence-corrected chi connectivity index (χ4v) is 3.41. The smallest absolute Gasteiger partial charge is 0.0901 e. The molecule has 1 aliphatic heterocycles. The summed E-state index contributed by atoms with van der Waals surface area (Å²) in [6.45, 7) is 7.78. The van der Waals surface area contributed by atoms with Gasteiger partial charge in [-0.15, -0.1) is 0 Å². The maximum absolute atomic E-state index is 5.83. The van der Waals surface area contributed by atoms with Crippen LogP contribution in [0.2, 0.25) is 0 Å². The van der Waals surface area contributed by atoms with Crippen LogP contribution in [0.5, 0.6) is 0 Å². The summed E-state index contributed by atoms with van der Waals surface area (Å²) in [7, 11) is 0. The standard InChI is InChI=1S/C17H27N3S/c1-2-16(17(18)21)20-13-11-19(12-14-20)10-6-9-15-7-4-3-5-8-15/h3-5,7-8,16H,2,6,9-14H2,1H3,(H2,18,21). The van der Waals surface area contributed by atoms with Crippen LogP contribution in [0, 0.1) is 0 Å². The average Bonchev–Trinajstić information content (AvgIpc) is 2.50. The molecule has 0 radical (unpaired) electrons. The van der Waals surface area contributed by atoms with Crippen molar-refractivity contribution in [2.45, 2.75) is 32.2 Å². The van der Waals surface area contributed by atoms with Crippen molar-refractivity contribution >= 4 is 17.2 Å². The molecule has 2 rings (SSSR count). The third kappa shape index (κ3) is 5.06. The van der Waals surface area contributed by atoms with E-state index in [2.05, 4.69) is 47.1 Å². The van der Waals surface area contributed by atoms with Gasteiger partial charge < -0.3 is 10.6 Å². The van der Waals surface area contributed by atoms with E-state index in [1.54, 1.807) is 0 Å². The van der Waals surface area contributed by atoms with E-state index in [4.69, 9.17) is 18.0 Å². The van der Waals surface area contributed by atoms with E-state index in [-0.39, 0.29) is 6.04 Å². The zero-order chi connectivity index (χ0) is 15.1. The molecule has 0 spiro atoms. The van der Waals surface area contributed by atoms with Crippen molar-refractivity contribution in [2.24, 2.45) is 5.73 Å². The summed E-state index contributed by atoms with van der Waals surface area (Å²) < 4.78 is 0. The Bertz CT molecular complexity index is 427. The quantitative estimate of drug-likeness (QED) is 0.784. The summed E-state index contributed by atoms with van der Waals surface area (Å²) in [4.78, 5) is 5.65. The fourth-order valence-electron chi connectivity index (χ4n) is 3.09. The number of rotatable bonds is 7. The van der Waals surface area contributed by atoms with Crippen LogP contribution in [0.1, 0.15) is 25.3 Å². The third-order valence-electron chi connectivity index (χ3n) is 4.35. The predicted molar refractivity (Wildman–Crippen MR) is 93.6 cm³/mol. The molecule has 0 saturated carbocycles. The molecular weight excluding hydrogens is 278 g/mol. The van der Waals surface area contributed by atoms with Gasteiger partial charge in [-0.05, 0) is 31.4 Å². The molecule has 1 heterocycles. The van der Waals surface area contributed by atoms with Crippen molar-refractivity contribution < 1.29 is 0 Å². The van der Waals surface area contributed by atoms with Gasteiger partial charge >= 0.3 is 0 Å². The van der Waals surface area contributed by atoms with Gasteiger partial charge in [0.1, 0.15) is 0 Å². The number of nitrogens with two attached hydrogens (primary N) is 1. The van der Waals surface area contributed by atoms with Gasteiger partial charge in [-0.25, -0.2) is 0 Å². The minimum Gasteiger partial charge on any atom is -0.392 e. The molecule has 2 N–H and O–H groups in total. The van der Waals surface area contributed by atoms with Crippen molar-refractivity contribution in [2.75, 3.05) is 32.7 Å². The molecule has 1 aliphatic rings. The zero-order valence-corrected chi connectivity index (χ0v) is 13.8. The van der Waals surface area contributed by atoms with Crippen molar-refractivity contribution in [3.05, 3.63) is 35.9 Å². The number of aryl methyl sites for hydroxylation is 1. The number of hydrogen-bond donors (Lipinski definition) is 1. The monoisotopic (exact) mass is 305 g/mol. The van der Waals surface area contributed by atoms with E-state index in [1.165, 1.54) is 24.9 Å². The molecule has 1 saturated heterocycles. The lowest BCUT2D eigenvalue weighted by Crippen LogP contribution is -2.53. The number of hydrogen-bond acceptors (Lipinski definition) is 3. The highest BCUT2D eigenvalue weighted by Gasteiger charge is 2.23. The number of nitrogens with zero attached hydrogens (tertiary/aromatic N) is 2. The van der Waals surface area contributed by atoms with Crippen molar-refractivity contribution in [1.29, 1.82) is 0 Å². The molecule has 1 fully saturated rings. The minimum atomic E-state index is 0.284. The molecule has 1 aromatic rings. The average molecular weight is 305 g/mol. The van der Waals surface area contributed by atoms with Gasteiger partial charge in [0.2, 0.25) is 0 Å². The molecule has 4 heteroatoms. The lowest BCUT2D eigenvalue weighted by atomic mass is 10.1. The SMILES string of the molecule is CCC(C(N)=S)N1CCN(CCCc2ccccc2)CC1. The highest BCUT2D eigenvalue weighted by Crippen LogP contribution is 2.11. The summed E-state index contributed by atoms with van der Waals surface area (Å²) in [5.41, 5.74) is 7.27. The van der Waals surface area contributed by atoms with Crippen LogP contribution in [0.3, 0.4) is 0 Å². The van der Waals surface area contributed by atoms with E-state index in [1.807, 2.05) is 0 Å². The van der Waals surface area contributed by atoms with Crippen LogP contribution in [0.4, 0.5) is 0 Å². The summed E-state index contributed by atoms with van der Waals surface area (Å²) in [6.07, 6.45) is 3.42. The van der Waals surface area contributed by atoms with Crippen LogP contribution in [0.25, 0.3) is 0 Å². The Morgan fingerprint density at radius 1 is 1.19 bits per heavy atom. The van der Waals surface area contributed by atoms with Gasteiger partial charge in [-0.1, -0.05) is 49.5 Å². The summed E-state index contributed by atoms with van der Waals surface area (Å²) >= 11 is 5.17. The Kier molecular flexibility index (Phi) is 6.61. The highest BCUT2D eigenvalue weighted by molar-refractivity contribution is 7.80. The summed E-state index contributed by atoms with van der Waals surface area (Å²) in [5.74, 6) is 0. The molecule has 1 aromatic carbocycles. The van der Waals surface area contributed by atoms with Crippen molar-refractivity contribution in [3.63, 3.8) is 0 Å². The van der Waals surface area contributed by atoms with E-state index < -0.39 is 0 Å². The Morgan fingerprint density at radius 3 is 2.43 bits per heavy atom. The van der Waals surface area contributed by atoms with Gasteiger partial charge in [-0.3, -0.25) is 4.90 Å². The number of benzene rings is 1. The summed E-state index contributed by atoms with van der Waals surface area (Å²) in [5, 5.41) is 0. The van der Waals surface area contributed by atoms with Gasteiger partial charge in [0.25, 0.3) is 0 Å². The molecule has 0 amide bonds. The van der Waals surface area contributed by atoms with E-state index in [0.717, 1.165) is 32.6 Å². The van der Waals surface area contributed by atoms with E-state index in [0.29, 0.717) is 4.99 Å². The van der Waals surface area contributed by atoms with Gasteiger partial charge in [0.05, 0.1) is 11.0 Å². The fraction of sp³-hybridized carbons (Fsp3) is 0.588. The Labute approximate surface area is 134 Å². The van der Waals surface area contributed by atoms with Gasteiger partial charge in [0, 0.05) is 26.2 Å². The first-order valence-corrected chi connectivity index (χ1v) is 8.41. The molecule has 3 nitrogen and oxygen atoms in total. The van der Waals surface area contributed by atoms with Crippen molar-refractivity contribution in [3.8, 4) is 0 Å². The van der Waals surface area contributed by atoms with E-state index >= 15 is 0 Å². The van der Waals surface area contributed by atoms with Crippen molar-refractivity contribution in [1.82, 2.24) is 9.80 Å². The molecule has 1 atom stereocenters. The second kappa shape index (κ2) is 8.47. The normalized spacial score (nSPS) is 18.5. The minimum absolute atomic E-state index is 0.284. The predicted octanol–water partition coefficient (Wildman–Crippen LogP) is 2.30. The number of thiocarbonyl (C=S) groups is 1. The molecule has 21 heavy (non-hydrogen) atoms. The summed E-state index contributed by atoms with van der Waals surface area (Å²) in [6, 6.07) is 11.0. The molecule has 0 aliphatic carbocycles.